The minimum atomic E-state index is 0.357. The highest BCUT2D eigenvalue weighted by atomic mass is 32.2. The molecule has 1 heterocycles. The van der Waals surface area contributed by atoms with Gasteiger partial charge in [-0.2, -0.15) is 11.8 Å². The summed E-state index contributed by atoms with van der Waals surface area (Å²) in [5, 5.41) is 0. The Morgan fingerprint density at radius 1 is 1.00 bits per heavy atom. The second kappa shape index (κ2) is 7.96. The molecule has 25 heavy (non-hydrogen) atoms. The van der Waals surface area contributed by atoms with E-state index in [0.29, 0.717) is 4.75 Å². The lowest BCUT2D eigenvalue weighted by Gasteiger charge is -2.28. The van der Waals surface area contributed by atoms with Crippen LogP contribution >= 0.6 is 11.8 Å². The minimum absolute atomic E-state index is 0.357. The molecule has 1 aromatic heterocycles. The van der Waals surface area contributed by atoms with Crippen LogP contribution in [0.2, 0.25) is 0 Å². The number of para-hydroxylation sites is 3. The molecule has 0 spiro atoms. The van der Waals surface area contributed by atoms with Crippen molar-refractivity contribution in [3.8, 4) is 0 Å². The fourth-order valence-corrected chi connectivity index (χ4v) is 4.04. The van der Waals surface area contributed by atoms with Crippen molar-refractivity contribution in [3.63, 3.8) is 0 Å². The monoisotopic (exact) mass is 353 g/mol. The van der Waals surface area contributed by atoms with Gasteiger partial charge in [0.1, 0.15) is 0 Å². The van der Waals surface area contributed by atoms with Crippen molar-refractivity contribution >= 4 is 34.4 Å². The van der Waals surface area contributed by atoms with Gasteiger partial charge in [0, 0.05) is 22.7 Å². The number of nitrogens with one attached hydrogen (secondary N) is 1. The third kappa shape index (κ3) is 4.18. The van der Waals surface area contributed by atoms with Crippen LogP contribution in [0.15, 0.2) is 54.6 Å². The number of thioether (sulfide) groups is 1. The molecule has 0 aliphatic rings. The van der Waals surface area contributed by atoms with E-state index in [2.05, 4.69) is 84.9 Å². The van der Waals surface area contributed by atoms with Crippen LogP contribution in [0, 0.1) is 0 Å². The smallest absolute Gasteiger partial charge is 0.208 e. The van der Waals surface area contributed by atoms with Gasteiger partial charge >= 0.3 is 0 Å². The molecule has 0 atom stereocenters. The summed E-state index contributed by atoms with van der Waals surface area (Å²) in [6, 6.07) is 18.7. The average molecular weight is 354 g/mol. The van der Waals surface area contributed by atoms with Crippen molar-refractivity contribution in [2.75, 3.05) is 17.2 Å². The van der Waals surface area contributed by atoms with Gasteiger partial charge in [-0.25, -0.2) is 4.98 Å². The van der Waals surface area contributed by atoms with Crippen molar-refractivity contribution in [3.05, 3.63) is 54.6 Å². The summed E-state index contributed by atoms with van der Waals surface area (Å²) in [5.74, 6) is 1.99. The standard InChI is InChI=1S/C21H27N3S/c1-4-21(3,5-2)25-16-15-24(17-11-7-6-8-12-17)20-22-18-13-9-10-14-19(18)23-20/h6-14H,4-5,15-16H2,1-3H3,(H,22,23). The Hall–Kier alpha value is -1.94. The maximum atomic E-state index is 4.81. The van der Waals surface area contributed by atoms with Crippen LogP contribution in [-0.4, -0.2) is 27.0 Å². The molecule has 3 aromatic rings. The third-order valence-corrected chi connectivity index (χ3v) is 6.62. The summed E-state index contributed by atoms with van der Waals surface area (Å²) in [6.45, 7) is 7.87. The molecule has 0 aliphatic heterocycles. The number of aromatic amines is 1. The molecule has 0 bridgehead atoms. The molecule has 0 radical (unpaired) electrons. The van der Waals surface area contributed by atoms with E-state index in [1.54, 1.807) is 0 Å². The third-order valence-electron chi connectivity index (χ3n) is 4.96. The average Bonchev–Trinajstić information content (AvgIpc) is 3.09. The van der Waals surface area contributed by atoms with Gasteiger partial charge in [0.15, 0.2) is 0 Å². The fourth-order valence-electron chi connectivity index (χ4n) is 2.87. The van der Waals surface area contributed by atoms with Crippen LogP contribution in [0.25, 0.3) is 11.0 Å². The number of nitrogens with zero attached hydrogens (tertiary/aromatic N) is 2. The van der Waals surface area contributed by atoms with Gasteiger partial charge in [-0.15, -0.1) is 0 Å². The maximum Gasteiger partial charge on any atom is 0.208 e. The van der Waals surface area contributed by atoms with E-state index >= 15 is 0 Å². The van der Waals surface area contributed by atoms with E-state index in [1.807, 2.05) is 12.1 Å². The molecule has 132 valence electrons. The Morgan fingerprint density at radius 2 is 1.68 bits per heavy atom. The number of benzene rings is 2. The highest BCUT2D eigenvalue weighted by molar-refractivity contribution is 8.00. The van der Waals surface area contributed by atoms with E-state index in [1.165, 1.54) is 18.5 Å². The molecule has 3 rings (SSSR count). The van der Waals surface area contributed by atoms with Crippen molar-refractivity contribution in [1.82, 2.24) is 9.97 Å². The molecule has 0 amide bonds. The van der Waals surface area contributed by atoms with E-state index in [4.69, 9.17) is 4.98 Å². The highest BCUT2D eigenvalue weighted by Gasteiger charge is 2.21. The molecule has 0 saturated heterocycles. The van der Waals surface area contributed by atoms with Gasteiger partial charge in [0.2, 0.25) is 5.95 Å². The first-order chi connectivity index (χ1) is 12.1. The maximum absolute atomic E-state index is 4.81. The zero-order chi connectivity index (χ0) is 17.7. The van der Waals surface area contributed by atoms with Crippen LogP contribution in [0.4, 0.5) is 11.6 Å². The van der Waals surface area contributed by atoms with Gasteiger partial charge in [-0.05, 0) is 37.1 Å². The summed E-state index contributed by atoms with van der Waals surface area (Å²) < 4.78 is 0.357. The number of hydrogen-bond acceptors (Lipinski definition) is 3. The van der Waals surface area contributed by atoms with Crippen LogP contribution in [0.3, 0.4) is 0 Å². The second-order valence-electron chi connectivity index (χ2n) is 6.57. The lowest BCUT2D eigenvalue weighted by Crippen LogP contribution is -2.25. The quantitative estimate of drug-likeness (QED) is 0.538. The Bertz CT molecular complexity index is 760. The molecule has 4 heteroatoms. The van der Waals surface area contributed by atoms with Crippen molar-refractivity contribution in [1.29, 1.82) is 0 Å². The number of imidazole rings is 1. The number of aromatic nitrogens is 2. The number of rotatable bonds is 8. The summed E-state index contributed by atoms with van der Waals surface area (Å²) in [6.07, 6.45) is 2.40. The normalized spacial score (nSPS) is 11.8. The van der Waals surface area contributed by atoms with E-state index < -0.39 is 0 Å². The SMILES string of the molecule is CCC(C)(CC)SCCN(c1ccccc1)c1nc2ccccc2[nH]1. The Kier molecular flexibility index (Phi) is 5.69. The van der Waals surface area contributed by atoms with Gasteiger partial charge < -0.3 is 9.88 Å². The fraction of sp³-hybridized carbons (Fsp3) is 0.381. The molecule has 0 saturated carbocycles. The van der Waals surface area contributed by atoms with Gasteiger partial charge in [-0.3, -0.25) is 0 Å². The summed E-state index contributed by atoms with van der Waals surface area (Å²) in [5.41, 5.74) is 3.27. The first-order valence-electron chi connectivity index (χ1n) is 9.06. The topological polar surface area (TPSA) is 31.9 Å². The molecular weight excluding hydrogens is 326 g/mol. The predicted molar refractivity (Wildman–Crippen MR) is 111 cm³/mol. The first kappa shape index (κ1) is 17.9. The van der Waals surface area contributed by atoms with Crippen molar-refractivity contribution < 1.29 is 0 Å². The van der Waals surface area contributed by atoms with Gasteiger partial charge in [0.05, 0.1) is 11.0 Å². The number of hydrogen-bond donors (Lipinski definition) is 1. The molecule has 1 N–H and O–H groups in total. The Balaban J connectivity index is 1.83. The van der Waals surface area contributed by atoms with Crippen LogP contribution in [-0.2, 0) is 0 Å². The molecule has 0 aliphatic carbocycles. The predicted octanol–water partition coefficient (Wildman–Crippen LogP) is 6.01. The van der Waals surface area contributed by atoms with Crippen LogP contribution in [0.5, 0.6) is 0 Å². The first-order valence-corrected chi connectivity index (χ1v) is 10.0. The van der Waals surface area contributed by atoms with E-state index in [0.717, 1.165) is 29.3 Å². The van der Waals surface area contributed by atoms with Crippen LogP contribution < -0.4 is 4.90 Å². The van der Waals surface area contributed by atoms with Crippen molar-refractivity contribution in [2.45, 2.75) is 38.4 Å². The van der Waals surface area contributed by atoms with Gasteiger partial charge in [-0.1, -0.05) is 51.1 Å². The summed E-state index contributed by atoms with van der Waals surface area (Å²) in [7, 11) is 0. The number of H-pyrrole nitrogens is 1. The zero-order valence-corrected chi connectivity index (χ0v) is 16.1. The van der Waals surface area contributed by atoms with Crippen molar-refractivity contribution in [2.24, 2.45) is 0 Å². The lowest BCUT2D eigenvalue weighted by atomic mass is 10.1. The van der Waals surface area contributed by atoms with E-state index in [9.17, 15) is 0 Å². The largest absolute Gasteiger partial charge is 0.324 e. The van der Waals surface area contributed by atoms with E-state index in [-0.39, 0.29) is 0 Å². The Morgan fingerprint density at radius 3 is 2.36 bits per heavy atom. The summed E-state index contributed by atoms with van der Waals surface area (Å²) >= 11 is 2.07. The van der Waals surface area contributed by atoms with Crippen LogP contribution in [0.1, 0.15) is 33.6 Å². The number of anilines is 2. The van der Waals surface area contributed by atoms with Gasteiger partial charge in [0.25, 0.3) is 0 Å². The minimum Gasteiger partial charge on any atom is -0.324 e. The summed E-state index contributed by atoms with van der Waals surface area (Å²) in [4.78, 5) is 10.6. The lowest BCUT2D eigenvalue weighted by molar-refractivity contribution is 0.599. The molecular formula is C21H27N3S. The molecule has 0 unspecified atom stereocenters. The number of fused-ring (bicyclic) bond motifs is 1. The molecule has 3 nitrogen and oxygen atoms in total. The molecule has 2 aromatic carbocycles. The Labute approximate surface area is 154 Å². The molecule has 0 fully saturated rings. The zero-order valence-electron chi connectivity index (χ0n) is 15.3. The highest BCUT2D eigenvalue weighted by Crippen LogP contribution is 2.33. The second-order valence-corrected chi connectivity index (χ2v) is 8.25.